The van der Waals surface area contributed by atoms with E-state index in [9.17, 15) is 14.7 Å². The first-order valence-electron chi connectivity index (χ1n) is 14.5. The molecular weight excluding hydrogens is 565 g/mol. The molecule has 4 N–H and O–H groups in total. The van der Waals surface area contributed by atoms with E-state index in [0.717, 1.165) is 41.5 Å². The summed E-state index contributed by atoms with van der Waals surface area (Å²) in [4.78, 5) is 25.6. The third-order valence-electron chi connectivity index (χ3n) is 8.22. The van der Waals surface area contributed by atoms with Crippen LogP contribution in [0, 0.1) is 5.92 Å². The number of phenols is 1. The number of dihydropyridines is 1. The quantitative estimate of drug-likeness (QED) is 0.208. The third kappa shape index (κ3) is 7.05. The van der Waals surface area contributed by atoms with E-state index in [1.807, 2.05) is 33.9 Å². The van der Waals surface area contributed by atoms with Crippen LogP contribution < -0.4 is 15.8 Å². The van der Waals surface area contributed by atoms with Gasteiger partial charge in [0.05, 0.1) is 19.7 Å². The highest BCUT2D eigenvalue weighted by Crippen LogP contribution is 2.46. The number of fused-ring (bicyclic) bond motifs is 6. The summed E-state index contributed by atoms with van der Waals surface area (Å²) >= 11 is 0. The Labute approximate surface area is 256 Å². The highest BCUT2D eigenvalue weighted by molar-refractivity contribution is 8.77. The van der Waals surface area contributed by atoms with Crippen LogP contribution in [0.5, 0.6) is 11.5 Å². The number of Topliss-reactive ketones (excluding diaryl/α,β-unsaturated/α-hetero) is 1. The highest BCUT2D eigenvalue weighted by Gasteiger charge is 2.31. The standard InChI is InChI=1S/C34H38N2O4S2/c1-3-22-9-11-25(37)18-26(38)12-10-23-17-31(40-2)30(39)19-28(23)27-13-14-32(22)41-42-33(15-21-7-5-4-6-8-21)29-16-24(27)20-36-34(29)35/h4-8,10,12-14,16-17,19-20,22,27,32-34,36,39H,3,9,11,15,18,35H2,1-2H3/b12-10+,14-13+/t22-,27+,32+,33-,34?/m0/s1. The molecule has 2 heterocycles. The number of nitrogens with one attached hydrogen (secondary N) is 1. The fourth-order valence-corrected chi connectivity index (χ4v) is 9.26. The molecule has 3 aliphatic rings. The largest absolute Gasteiger partial charge is 0.504 e. The van der Waals surface area contributed by atoms with Gasteiger partial charge >= 0.3 is 0 Å². The molecule has 42 heavy (non-hydrogen) atoms. The van der Waals surface area contributed by atoms with Gasteiger partial charge in [-0.2, -0.15) is 0 Å². The number of hydrogen-bond acceptors (Lipinski definition) is 8. The Morgan fingerprint density at radius 1 is 1.10 bits per heavy atom. The average molecular weight is 603 g/mol. The minimum atomic E-state index is -0.329. The normalized spacial score (nSPS) is 27.9. The third-order valence-corrected chi connectivity index (χ3v) is 11.5. The van der Waals surface area contributed by atoms with Gasteiger partial charge in [0.15, 0.2) is 17.3 Å². The lowest BCUT2D eigenvalue weighted by Gasteiger charge is -2.33. The fraction of sp³-hybridized carbons (Fsp3) is 0.353. The number of nitrogens with two attached hydrogens (primary N) is 1. The summed E-state index contributed by atoms with van der Waals surface area (Å²) in [5.74, 6) is 0.113. The van der Waals surface area contributed by atoms with E-state index in [0.29, 0.717) is 12.2 Å². The molecule has 1 aliphatic carbocycles. The first-order chi connectivity index (χ1) is 20.4. The molecule has 2 aromatic rings. The minimum absolute atomic E-state index is 0.0258. The lowest BCUT2D eigenvalue weighted by molar-refractivity contribution is -0.124. The molecule has 1 unspecified atom stereocenters. The van der Waals surface area contributed by atoms with Crippen LogP contribution in [0.1, 0.15) is 55.2 Å². The maximum atomic E-state index is 12.8. The van der Waals surface area contributed by atoms with Crippen molar-refractivity contribution in [2.45, 2.75) is 61.6 Å². The molecule has 0 saturated heterocycles. The SMILES string of the molecule is CC[C@H]1CCC(=O)CC(=O)/C=C/c2cc(OC)c(O)cc2[C@@H]2/C=C/[C@H]1SS[C@@H](Cc1ccccc1)C1=CC2=CNC1N. The lowest BCUT2D eigenvalue weighted by Crippen LogP contribution is -2.42. The molecule has 8 heteroatoms. The Balaban J connectivity index is 1.68. The van der Waals surface area contributed by atoms with Crippen LogP contribution >= 0.6 is 21.6 Å². The Morgan fingerprint density at radius 2 is 1.90 bits per heavy atom. The average Bonchev–Trinajstić information content (AvgIpc) is 2.99. The Morgan fingerprint density at radius 3 is 2.67 bits per heavy atom. The van der Waals surface area contributed by atoms with Crippen molar-refractivity contribution in [3.05, 3.63) is 101 Å². The van der Waals surface area contributed by atoms with E-state index in [4.69, 9.17) is 10.5 Å². The second-order valence-electron chi connectivity index (χ2n) is 11.0. The van der Waals surface area contributed by atoms with E-state index < -0.39 is 0 Å². The molecule has 0 saturated carbocycles. The van der Waals surface area contributed by atoms with Gasteiger partial charge in [0.1, 0.15) is 5.78 Å². The number of allylic oxidation sites excluding steroid dienone is 4. The molecule has 0 amide bonds. The van der Waals surface area contributed by atoms with Gasteiger partial charge in [-0.1, -0.05) is 89.6 Å². The maximum Gasteiger partial charge on any atom is 0.163 e. The van der Waals surface area contributed by atoms with Gasteiger partial charge < -0.3 is 20.9 Å². The van der Waals surface area contributed by atoms with Gasteiger partial charge in [-0.3, -0.25) is 9.59 Å². The van der Waals surface area contributed by atoms with E-state index in [1.54, 1.807) is 18.2 Å². The molecule has 0 fully saturated rings. The number of methoxy groups -OCH3 is 1. The van der Waals surface area contributed by atoms with Crippen molar-refractivity contribution in [1.29, 1.82) is 0 Å². The van der Waals surface area contributed by atoms with Crippen LogP contribution in [0.4, 0.5) is 0 Å². The molecule has 2 aromatic carbocycles. The van der Waals surface area contributed by atoms with Gasteiger partial charge in [-0.15, -0.1) is 0 Å². The first-order valence-corrected chi connectivity index (χ1v) is 16.7. The van der Waals surface area contributed by atoms with Crippen LogP contribution in [-0.4, -0.2) is 40.4 Å². The number of rotatable bonds is 4. The van der Waals surface area contributed by atoms with E-state index in [1.165, 1.54) is 18.7 Å². The summed E-state index contributed by atoms with van der Waals surface area (Å²) in [7, 11) is 5.19. The van der Waals surface area contributed by atoms with E-state index in [2.05, 4.69) is 54.7 Å². The summed E-state index contributed by atoms with van der Waals surface area (Å²) in [5, 5.41) is 14.5. The van der Waals surface area contributed by atoms with Crippen molar-refractivity contribution in [2.24, 2.45) is 11.7 Å². The number of ketones is 2. The fourth-order valence-electron chi connectivity index (χ4n) is 5.78. The monoisotopic (exact) mass is 602 g/mol. The molecule has 0 radical (unpaired) electrons. The van der Waals surface area contributed by atoms with Gasteiger partial charge in [0.25, 0.3) is 0 Å². The number of benzene rings is 2. The van der Waals surface area contributed by atoms with Crippen LogP contribution in [0.25, 0.3) is 6.08 Å². The van der Waals surface area contributed by atoms with Crippen molar-refractivity contribution in [3.63, 3.8) is 0 Å². The summed E-state index contributed by atoms with van der Waals surface area (Å²) in [5.41, 5.74) is 11.6. The molecule has 0 spiro atoms. The van der Waals surface area contributed by atoms with E-state index in [-0.39, 0.29) is 52.2 Å². The van der Waals surface area contributed by atoms with Gasteiger partial charge in [0, 0.05) is 29.0 Å². The summed E-state index contributed by atoms with van der Waals surface area (Å²) < 4.78 is 5.42. The second kappa shape index (κ2) is 13.8. The van der Waals surface area contributed by atoms with Crippen LogP contribution in [0.2, 0.25) is 0 Å². The van der Waals surface area contributed by atoms with Crippen molar-refractivity contribution >= 4 is 39.2 Å². The molecule has 4 bridgehead atoms. The van der Waals surface area contributed by atoms with Crippen LogP contribution in [0.3, 0.4) is 0 Å². The topological polar surface area (TPSA) is 102 Å². The number of carbonyl (C=O) groups excluding carboxylic acids is 2. The number of carbonyl (C=O) groups is 2. The second-order valence-corrected chi connectivity index (χ2v) is 13.7. The number of aromatic hydroxyl groups is 1. The maximum absolute atomic E-state index is 12.8. The Bertz CT molecular complexity index is 1430. The highest BCUT2D eigenvalue weighted by atomic mass is 33.1. The zero-order valence-electron chi connectivity index (χ0n) is 24.0. The smallest absolute Gasteiger partial charge is 0.163 e. The van der Waals surface area contributed by atoms with Crippen LogP contribution in [-0.2, 0) is 16.0 Å². The first kappa shape index (κ1) is 30.3. The van der Waals surface area contributed by atoms with E-state index >= 15 is 0 Å². The van der Waals surface area contributed by atoms with Crippen molar-refractivity contribution in [2.75, 3.05) is 7.11 Å². The van der Waals surface area contributed by atoms with Gasteiger partial charge in [-0.05, 0) is 64.8 Å². The predicted octanol–water partition coefficient (Wildman–Crippen LogP) is 6.48. The van der Waals surface area contributed by atoms with Gasteiger partial charge in [0.2, 0.25) is 0 Å². The molecule has 0 aromatic heterocycles. The summed E-state index contributed by atoms with van der Waals surface area (Å²) in [6, 6.07) is 13.9. The Hall–Kier alpha value is -3.20. The molecular formula is C34H38N2O4S2. The predicted molar refractivity (Wildman–Crippen MR) is 173 cm³/mol. The molecule has 2 aliphatic heterocycles. The molecule has 220 valence electrons. The van der Waals surface area contributed by atoms with Crippen LogP contribution in [0.15, 0.2) is 84.1 Å². The number of ether oxygens (including phenoxy) is 1. The van der Waals surface area contributed by atoms with Crippen molar-refractivity contribution in [3.8, 4) is 11.5 Å². The molecule has 5 atom stereocenters. The summed E-state index contributed by atoms with van der Waals surface area (Å²) in [6.45, 7) is 2.17. The number of hydrogen-bond donors (Lipinski definition) is 3. The lowest BCUT2D eigenvalue weighted by atomic mass is 9.83. The van der Waals surface area contributed by atoms with Crippen molar-refractivity contribution in [1.82, 2.24) is 5.32 Å². The zero-order chi connectivity index (χ0) is 29.6. The molecule has 6 nitrogen and oxygen atoms in total. The zero-order valence-corrected chi connectivity index (χ0v) is 25.6. The minimum Gasteiger partial charge on any atom is -0.504 e. The van der Waals surface area contributed by atoms with Gasteiger partial charge in [-0.25, -0.2) is 0 Å². The summed E-state index contributed by atoms with van der Waals surface area (Å²) in [6.07, 6.45) is 14.3. The van der Waals surface area contributed by atoms with Crippen molar-refractivity contribution < 1.29 is 19.4 Å². The number of phenolic OH excluding ortho intramolecular Hbond substituents is 1. The Kier molecular flexibility index (Phi) is 9.98. The molecule has 5 rings (SSSR count).